The van der Waals surface area contributed by atoms with Crippen molar-refractivity contribution in [3.63, 3.8) is 0 Å². The number of phenolic OH excluding ortho intramolecular Hbond substituents is 1. The van der Waals surface area contributed by atoms with E-state index in [0.29, 0.717) is 16.0 Å². The molecule has 0 bridgehead atoms. The SMILES string of the molecule is CC(C)(C)CCCCc1cc(Cl)c(O)c(/C=N/O)c1. The lowest BCUT2D eigenvalue weighted by Crippen LogP contribution is -2.04. The van der Waals surface area contributed by atoms with Crippen LogP contribution in [-0.2, 0) is 6.42 Å². The van der Waals surface area contributed by atoms with Gasteiger partial charge in [0, 0.05) is 5.56 Å². The fourth-order valence-electron chi connectivity index (χ4n) is 1.97. The van der Waals surface area contributed by atoms with Crippen LogP contribution in [0.1, 0.15) is 51.2 Å². The standard InChI is InChI=1S/C15H22ClNO2/c1-15(2,3)7-5-4-6-11-8-12(10-17-19)14(18)13(16)9-11/h8-10,18-19H,4-7H2,1-3H3/b17-10+. The highest BCUT2D eigenvalue weighted by Gasteiger charge is 2.10. The third-order valence-corrected chi connectivity index (χ3v) is 3.28. The number of oxime groups is 1. The molecule has 2 N–H and O–H groups in total. The summed E-state index contributed by atoms with van der Waals surface area (Å²) in [4.78, 5) is 0. The quantitative estimate of drug-likeness (QED) is 0.359. The van der Waals surface area contributed by atoms with Gasteiger partial charge in [-0.2, -0.15) is 0 Å². The van der Waals surface area contributed by atoms with Gasteiger partial charge in [0.2, 0.25) is 0 Å². The van der Waals surface area contributed by atoms with Crippen LogP contribution in [0.2, 0.25) is 5.02 Å². The number of halogens is 1. The Kier molecular flexibility index (Phi) is 5.67. The zero-order valence-electron chi connectivity index (χ0n) is 11.8. The van der Waals surface area contributed by atoms with Crippen molar-refractivity contribution in [2.75, 3.05) is 0 Å². The third-order valence-electron chi connectivity index (χ3n) is 2.99. The number of hydrogen-bond donors (Lipinski definition) is 2. The van der Waals surface area contributed by atoms with Gasteiger partial charge < -0.3 is 10.3 Å². The lowest BCUT2D eigenvalue weighted by molar-refractivity contribution is 0.321. The summed E-state index contributed by atoms with van der Waals surface area (Å²) in [6.07, 6.45) is 5.52. The first-order valence-corrected chi connectivity index (χ1v) is 6.90. The molecule has 0 fully saturated rings. The maximum atomic E-state index is 9.70. The first kappa shape index (κ1) is 15.8. The van der Waals surface area contributed by atoms with Crippen molar-refractivity contribution in [1.29, 1.82) is 0 Å². The van der Waals surface area contributed by atoms with Crippen LogP contribution in [0.15, 0.2) is 17.3 Å². The minimum absolute atomic E-state index is 0.0436. The van der Waals surface area contributed by atoms with Crippen molar-refractivity contribution in [2.24, 2.45) is 10.6 Å². The molecule has 19 heavy (non-hydrogen) atoms. The minimum atomic E-state index is -0.0436. The van der Waals surface area contributed by atoms with Gasteiger partial charge in [0.1, 0.15) is 5.75 Å². The molecule has 0 heterocycles. The molecule has 106 valence electrons. The monoisotopic (exact) mass is 283 g/mol. The van der Waals surface area contributed by atoms with Gasteiger partial charge in [-0.3, -0.25) is 0 Å². The predicted molar refractivity (Wildman–Crippen MR) is 79.5 cm³/mol. The number of unbranched alkanes of at least 4 members (excludes halogenated alkanes) is 1. The van der Waals surface area contributed by atoms with E-state index in [1.54, 1.807) is 12.1 Å². The number of hydrogen-bond acceptors (Lipinski definition) is 3. The molecule has 0 aliphatic rings. The number of aryl methyl sites for hydroxylation is 1. The second kappa shape index (κ2) is 6.80. The van der Waals surface area contributed by atoms with Crippen LogP contribution in [-0.4, -0.2) is 16.5 Å². The lowest BCUT2D eigenvalue weighted by Gasteiger charge is -2.17. The maximum Gasteiger partial charge on any atom is 0.143 e. The number of aromatic hydroxyl groups is 1. The average molecular weight is 284 g/mol. The summed E-state index contributed by atoms with van der Waals surface area (Å²) in [5.41, 5.74) is 1.86. The van der Waals surface area contributed by atoms with Gasteiger partial charge in [-0.05, 0) is 42.4 Å². The topological polar surface area (TPSA) is 52.8 Å². The Morgan fingerprint density at radius 2 is 1.95 bits per heavy atom. The molecule has 0 saturated heterocycles. The van der Waals surface area contributed by atoms with E-state index < -0.39 is 0 Å². The minimum Gasteiger partial charge on any atom is -0.506 e. The zero-order valence-corrected chi connectivity index (χ0v) is 12.5. The molecule has 0 radical (unpaired) electrons. The first-order chi connectivity index (χ1) is 8.83. The second-order valence-corrected chi connectivity index (χ2v) is 6.44. The first-order valence-electron chi connectivity index (χ1n) is 6.52. The van der Waals surface area contributed by atoms with E-state index in [1.807, 2.05) is 0 Å². The molecule has 0 saturated carbocycles. The van der Waals surface area contributed by atoms with Crippen molar-refractivity contribution in [3.8, 4) is 5.75 Å². The number of benzene rings is 1. The van der Waals surface area contributed by atoms with Crippen molar-refractivity contribution in [1.82, 2.24) is 0 Å². The van der Waals surface area contributed by atoms with Gasteiger partial charge in [0.15, 0.2) is 0 Å². The molecule has 3 nitrogen and oxygen atoms in total. The summed E-state index contributed by atoms with van der Waals surface area (Å²) in [6, 6.07) is 3.57. The molecular formula is C15H22ClNO2. The highest BCUT2D eigenvalue weighted by atomic mass is 35.5. The molecular weight excluding hydrogens is 262 g/mol. The Morgan fingerprint density at radius 3 is 2.53 bits per heavy atom. The summed E-state index contributed by atoms with van der Waals surface area (Å²) in [6.45, 7) is 6.71. The maximum absolute atomic E-state index is 9.70. The molecule has 1 rings (SSSR count). The fourth-order valence-corrected chi connectivity index (χ4v) is 2.22. The van der Waals surface area contributed by atoms with Crippen LogP contribution in [0.5, 0.6) is 5.75 Å². The summed E-state index contributed by atoms with van der Waals surface area (Å²) in [5.74, 6) is -0.0436. The number of phenols is 1. The number of rotatable bonds is 5. The summed E-state index contributed by atoms with van der Waals surface area (Å²) < 4.78 is 0. The molecule has 0 atom stereocenters. The van der Waals surface area contributed by atoms with Crippen molar-refractivity contribution >= 4 is 17.8 Å². The van der Waals surface area contributed by atoms with Gasteiger partial charge >= 0.3 is 0 Å². The normalized spacial score (nSPS) is 12.2. The van der Waals surface area contributed by atoms with E-state index in [2.05, 4.69) is 25.9 Å². The van der Waals surface area contributed by atoms with Gasteiger partial charge in [-0.25, -0.2) is 0 Å². The Labute approximate surface area is 119 Å². The number of nitrogens with zero attached hydrogens (tertiary/aromatic N) is 1. The van der Waals surface area contributed by atoms with Crippen molar-refractivity contribution < 1.29 is 10.3 Å². The van der Waals surface area contributed by atoms with Crippen LogP contribution >= 0.6 is 11.6 Å². The molecule has 0 spiro atoms. The molecule has 1 aromatic carbocycles. The van der Waals surface area contributed by atoms with Crippen molar-refractivity contribution in [3.05, 3.63) is 28.3 Å². The average Bonchev–Trinajstić information content (AvgIpc) is 2.30. The summed E-state index contributed by atoms with van der Waals surface area (Å²) in [5, 5.41) is 21.5. The van der Waals surface area contributed by atoms with Crippen LogP contribution in [0.4, 0.5) is 0 Å². The fraction of sp³-hybridized carbons (Fsp3) is 0.533. The molecule has 4 heteroatoms. The van der Waals surface area contributed by atoms with Crippen LogP contribution in [0.25, 0.3) is 0 Å². The van der Waals surface area contributed by atoms with Crippen molar-refractivity contribution in [2.45, 2.75) is 46.5 Å². The summed E-state index contributed by atoms with van der Waals surface area (Å²) in [7, 11) is 0. The second-order valence-electron chi connectivity index (χ2n) is 6.03. The van der Waals surface area contributed by atoms with Gasteiger partial charge in [0.05, 0.1) is 11.2 Å². The largest absolute Gasteiger partial charge is 0.506 e. The van der Waals surface area contributed by atoms with E-state index in [1.165, 1.54) is 12.6 Å². The van der Waals surface area contributed by atoms with E-state index in [-0.39, 0.29) is 5.75 Å². The lowest BCUT2D eigenvalue weighted by atomic mass is 9.89. The highest BCUT2D eigenvalue weighted by molar-refractivity contribution is 6.32. The molecule has 0 aliphatic carbocycles. The Hall–Kier alpha value is -1.22. The Bertz CT molecular complexity index is 450. The molecule has 0 unspecified atom stereocenters. The van der Waals surface area contributed by atoms with E-state index in [0.717, 1.165) is 24.8 Å². The highest BCUT2D eigenvalue weighted by Crippen LogP contribution is 2.29. The smallest absolute Gasteiger partial charge is 0.143 e. The van der Waals surface area contributed by atoms with Crippen LogP contribution in [0, 0.1) is 5.41 Å². The molecule has 0 aliphatic heterocycles. The Morgan fingerprint density at radius 1 is 1.26 bits per heavy atom. The Balaban J connectivity index is 2.64. The zero-order chi connectivity index (χ0) is 14.5. The molecule has 0 amide bonds. The van der Waals surface area contributed by atoms with E-state index in [4.69, 9.17) is 16.8 Å². The third kappa shape index (κ3) is 5.52. The van der Waals surface area contributed by atoms with E-state index in [9.17, 15) is 5.11 Å². The molecule has 0 aromatic heterocycles. The van der Waals surface area contributed by atoms with E-state index >= 15 is 0 Å². The van der Waals surface area contributed by atoms with Crippen LogP contribution < -0.4 is 0 Å². The molecule has 1 aromatic rings. The van der Waals surface area contributed by atoms with Gasteiger partial charge in [-0.1, -0.05) is 43.9 Å². The van der Waals surface area contributed by atoms with Gasteiger partial charge in [-0.15, -0.1) is 0 Å². The van der Waals surface area contributed by atoms with Crippen LogP contribution in [0.3, 0.4) is 0 Å². The van der Waals surface area contributed by atoms with Gasteiger partial charge in [0.25, 0.3) is 0 Å². The summed E-state index contributed by atoms with van der Waals surface area (Å²) >= 11 is 5.95. The predicted octanol–water partition coefficient (Wildman–Crippen LogP) is 4.61.